The van der Waals surface area contributed by atoms with Crippen molar-refractivity contribution < 1.29 is 9.84 Å². The fourth-order valence-electron chi connectivity index (χ4n) is 3.14. The third-order valence-corrected chi connectivity index (χ3v) is 4.30. The van der Waals surface area contributed by atoms with Gasteiger partial charge in [-0.25, -0.2) is 0 Å². The monoisotopic (exact) mass is 227 g/mol. The predicted octanol–water partition coefficient (Wildman–Crippen LogP) is 1.69. The highest BCUT2D eigenvalue weighted by Gasteiger charge is 2.49. The lowest BCUT2D eigenvalue weighted by atomic mass is 9.68. The van der Waals surface area contributed by atoms with Crippen molar-refractivity contribution in [2.24, 2.45) is 5.92 Å². The van der Waals surface area contributed by atoms with Crippen molar-refractivity contribution in [1.29, 1.82) is 0 Å². The third-order valence-electron chi connectivity index (χ3n) is 4.30. The molecular formula is C13H25NO2. The van der Waals surface area contributed by atoms with Crippen LogP contribution in [-0.4, -0.2) is 36.0 Å². The summed E-state index contributed by atoms with van der Waals surface area (Å²) >= 11 is 0. The second-order valence-corrected chi connectivity index (χ2v) is 5.39. The van der Waals surface area contributed by atoms with Gasteiger partial charge in [0, 0.05) is 25.5 Å². The quantitative estimate of drug-likeness (QED) is 0.768. The van der Waals surface area contributed by atoms with Crippen molar-refractivity contribution in [1.82, 2.24) is 5.32 Å². The average Bonchev–Trinajstić information content (AvgIpc) is 2.27. The molecule has 1 heterocycles. The SMILES string of the molecule is CCOC1CC(O)(C2CC(CC)CCN2)C1. The van der Waals surface area contributed by atoms with Gasteiger partial charge in [-0.1, -0.05) is 13.3 Å². The van der Waals surface area contributed by atoms with E-state index in [-0.39, 0.29) is 0 Å². The summed E-state index contributed by atoms with van der Waals surface area (Å²) in [5.74, 6) is 0.793. The van der Waals surface area contributed by atoms with Crippen LogP contribution in [0.4, 0.5) is 0 Å². The number of ether oxygens (including phenoxy) is 1. The van der Waals surface area contributed by atoms with E-state index < -0.39 is 5.60 Å². The Labute approximate surface area is 98.6 Å². The van der Waals surface area contributed by atoms with Crippen LogP contribution in [-0.2, 0) is 4.74 Å². The first kappa shape index (κ1) is 12.3. The summed E-state index contributed by atoms with van der Waals surface area (Å²) in [4.78, 5) is 0. The van der Waals surface area contributed by atoms with Crippen molar-refractivity contribution in [3.8, 4) is 0 Å². The molecule has 0 aromatic carbocycles. The van der Waals surface area contributed by atoms with E-state index in [9.17, 15) is 5.11 Å². The molecule has 2 aliphatic rings. The van der Waals surface area contributed by atoms with Gasteiger partial charge >= 0.3 is 0 Å². The largest absolute Gasteiger partial charge is 0.388 e. The molecule has 16 heavy (non-hydrogen) atoms. The smallest absolute Gasteiger partial charge is 0.0849 e. The molecule has 0 bridgehead atoms. The average molecular weight is 227 g/mol. The Morgan fingerprint density at radius 3 is 2.75 bits per heavy atom. The molecule has 2 fully saturated rings. The van der Waals surface area contributed by atoms with Gasteiger partial charge in [0.2, 0.25) is 0 Å². The topological polar surface area (TPSA) is 41.5 Å². The molecule has 94 valence electrons. The summed E-state index contributed by atoms with van der Waals surface area (Å²) in [6.45, 7) is 6.09. The Bertz CT molecular complexity index is 226. The molecule has 0 aromatic rings. The molecular weight excluding hydrogens is 202 g/mol. The lowest BCUT2D eigenvalue weighted by molar-refractivity contribution is -0.159. The minimum atomic E-state index is -0.492. The number of hydrogen-bond donors (Lipinski definition) is 2. The molecule has 2 unspecified atom stereocenters. The van der Waals surface area contributed by atoms with E-state index in [1.54, 1.807) is 0 Å². The maximum Gasteiger partial charge on any atom is 0.0849 e. The van der Waals surface area contributed by atoms with Gasteiger partial charge in [0.15, 0.2) is 0 Å². The maximum absolute atomic E-state index is 10.5. The molecule has 2 atom stereocenters. The Hall–Kier alpha value is -0.120. The van der Waals surface area contributed by atoms with Gasteiger partial charge in [0.1, 0.15) is 0 Å². The first-order chi connectivity index (χ1) is 7.68. The van der Waals surface area contributed by atoms with Gasteiger partial charge < -0.3 is 15.2 Å². The van der Waals surface area contributed by atoms with E-state index in [1.807, 2.05) is 6.92 Å². The van der Waals surface area contributed by atoms with Crippen LogP contribution in [0.25, 0.3) is 0 Å². The lowest BCUT2D eigenvalue weighted by Gasteiger charge is -2.50. The predicted molar refractivity (Wildman–Crippen MR) is 64.4 cm³/mol. The zero-order valence-electron chi connectivity index (χ0n) is 10.5. The Balaban J connectivity index is 1.83. The molecule has 1 saturated carbocycles. The third kappa shape index (κ3) is 2.41. The van der Waals surface area contributed by atoms with Gasteiger partial charge in [-0.3, -0.25) is 0 Å². The summed E-state index contributed by atoms with van der Waals surface area (Å²) in [6.07, 6.45) is 5.55. The Kier molecular flexibility index (Phi) is 3.88. The van der Waals surface area contributed by atoms with Crippen molar-refractivity contribution in [3.05, 3.63) is 0 Å². The van der Waals surface area contributed by atoms with E-state index in [4.69, 9.17) is 4.74 Å². The van der Waals surface area contributed by atoms with Crippen molar-refractivity contribution in [2.75, 3.05) is 13.2 Å². The van der Waals surface area contributed by atoms with Crippen molar-refractivity contribution in [3.63, 3.8) is 0 Å². The summed E-state index contributed by atoms with van der Waals surface area (Å²) in [7, 11) is 0. The van der Waals surface area contributed by atoms with E-state index in [2.05, 4.69) is 12.2 Å². The highest BCUT2D eigenvalue weighted by molar-refractivity contribution is 5.04. The molecule has 1 aliphatic heterocycles. The molecule has 2 rings (SSSR count). The summed E-state index contributed by atoms with van der Waals surface area (Å²) in [5, 5.41) is 14.0. The number of rotatable bonds is 4. The molecule has 2 N–H and O–H groups in total. The van der Waals surface area contributed by atoms with Crippen LogP contribution in [0.5, 0.6) is 0 Å². The number of piperidine rings is 1. The summed E-state index contributed by atoms with van der Waals surface area (Å²) in [6, 6.07) is 0.294. The van der Waals surface area contributed by atoms with Crippen LogP contribution in [0, 0.1) is 5.92 Å². The fourth-order valence-corrected chi connectivity index (χ4v) is 3.14. The van der Waals surface area contributed by atoms with Crippen molar-refractivity contribution >= 4 is 0 Å². The van der Waals surface area contributed by atoms with Gasteiger partial charge in [-0.15, -0.1) is 0 Å². The van der Waals surface area contributed by atoms with Crippen LogP contribution in [0.15, 0.2) is 0 Å². The number of nitrogens with one attached hydrogen (secondary N) is 1. The zero-order chi connectivity index (χ0) is 11.6. The van der Waals surface area contributed by atoms with E-state index in [1.165, 1.54) is 12.8 Å². The van der Waals surface area contributed by atoms with Gasteiger partial charge in [-0.2, -0.15) is 0 Å². The first-order valence-corrected chi connectivity index (χ1v) is 6.75. The Morgan fingerprint density at radius 2 is 2.12 bits per heavy atom. The molecule has 3 nitrogen and oxygen atoms in total. The van der Waals surface area contributed by atoms with Crippen LogP contribution < -0.4 is 5.32 Å². The number of aliphatic hydroxyl groups is 1. The second-order valence-electron chi connectivity index (χ2n) is 5.39. The minimum Gasteiger partial charge on any atom is -0.388 e. The summed E-state index contributed by atoms with van der Waals surface area (Å²) in [5.41, 5.74) is -0.492. The molecule has 0 amide bonds. The summed E-state index contributed by atoms with van der Waals surface area (Å²) < 4.78 is 5.53. The highest BCUT2D eigenvalue weighted by atomic mass is 16.5. The molecule has 3 heteroatoms. The zero-order valence-corrected chi connectivity index (χ0v) is 10.5. The molecule has 0 radical (unpaired) electrons. The molecule has 1 saturated heterocycles. The van der Waals surface area contributed by atoms with Crippen LogP contribution in [0.1, 0.15) is 46.0 Å². The first-order valence-electron chi connectivity index (χ1n) is 6.75. The lowest BCUT2D eigenvalue weighted by Crippen LogP contribution is -2.62. The molecule has 1 aliphatic carbocycles. The van der Waals surface area contributed by atoms with Crippen LogP contribution in [0.3, 0.4) is 0 Å². The van der Waals surface area contributed by atoms with Gasteiger partial charge in [0.25, 0.3) is 0 Å². The Morgan fingerprint density at radius 1 is 1.38 bits per heavy atom. The second kappa shape index (κ2) is 5.03. The van der Waals surface area contributed by atoms with Gasteiger partial charge in [-0.05, 0) is 32.2 Å². The maximum atomic E-state index is 10.5. The van der Waals surface area contributed by atoms with E-state index in [0.29, 0.717) is 12.1 Å². The van der Waals surface area contributed by atoms with Crippen molar-refractivity contribution in [2.45, 2.75) is 63.7 Å². The molecule has 0 spiro atoms. The van der Waals surface area contributed by atoms with E-state index in [0.717, 1.165) is 38.3 Å². The highest BCUT2D eigenvalue weighted by Crippen LogP contribution is 2.40. The number of hydrogen-bond acceptors (Lipinski definition) is 3. The normalized spacial score (nSPS) is 44.1. The van der Waals surface area contributed by atoms with Crippen LogP contribution in [0.2, 0.25) is 0 Å². The fraction of sp³-hybridized carbons (Fsp3) is 1.00. The minimum absolute atomic E-state index is 0.291. The van der Waals surface area contributed by atoms with Gasteiger partial charge in [0.05, 0.1) is 11.7 Å². The standard InChI is InChI=1S/C13H25NO2/c1-3-10-5-6-14-12(7-10)13(15)8-11(9-13)16-4-2/h10-12,14-15H,3-9H2,1-2H3. The van der Waals surface area contributed by atoms with E-state index >= 15 is 0 Å². The van der Waals surface area contributed by atoms with Crippen LogP contribution >= 0.6 is 0 Å². The molecule has 0 aromatic heterocycles.